The average molecular weight is 391 g/mol. The predicted molar refractivity (Wildman–Crippen MR) is 120 cm³/mol. The Balaban J connectivity index is 1.45. The molecule has 0 N–H and O–H groups in total. The lowest BCUT2D eigenvalue weighted by atomic mass is 10.2. The van der Waals surface area contributed by atoms with Crippen LogP contribution in [0.2, 0.25) is 0 Å². The fourth-order valence-corrected chi connectivity index (χ4v) is 3.29. The van der Waals surface area contributed by atoms with Gasteiger partial charge in [-0.2, -0.15) is 0 Å². The molecular formula is C25H30N2O2. The van der Waals surface area contributed by atoms with Gasteiger partial charge in [0.05, 0.1) is 6.10 Å². The third-order valence-corrected chi connectivity index (χ3v) is 4.81. The van der Waals surface area contributed by atoms with Crippen LogP contribution in [0.25, 0.3) is 12.2 Å². The van der Waals surface area contributed by atoms with Crippen molar-refractivity contribution in [3.8, 4) is 5.75 Å². The predicted octanol–water partition coefficient (Wildman–Crippen LogP) is 4.34. The van der Waals surface area contributed by atoms with E-state index in [1.54, 1.807) is 6.08 Å². The van der Waals surface area contributed by atoms with Crippen LogP contribution in [0.4, 0.5) is 0 Å². The number of amides is 1. The van der Waals surface area contributed by atoms with E-state index in [1.165, 1.54) is 5.56 Å². The molecule has 0 unspecified atom stereocenters. The van der Waals surface area contributed by atoms with E-state index in [-0.39, 0.29) is 12.0 Å². The van der Waals surface area contributed by atoms with Gasteiger partial charge < -0.3 is 9.64 Å². The first-order valence-corrected chi connectivity index (χ1v) is 10.3. The number of ether oxygens (including phenoxy) is 1. The molecule has 0 bridgehead atoms. The molecule has 2 aromatic carbocycles. The summed E-state index contributed by atoms with van der Waals surface area (Å²) in [4.78, 5) is 16.8. The molecule has 0 spiro atoms. The van der Waals surface area contributed by atoms with Gasteiger partial charge in [0, 0.05) is 38.8 Å². The van der Waals surface area contributed by atoms with E-state index in [1.807, 2.05) is 67.3 Å². The number of hydrogen-bond donors (Lipinski definition) is 0. The number of piperazine rings is 1. The summed E-state index contributed by atoms with van der Waals surface area (Å²) in [6.07, 6.45) is 8.01. The van der Waals surface area contributed by atoms with E-state index >= 15 is 0 Å². The second-order valence-electron chi connectivity index (χ2n) is 7.51. The van der Waals surface area contributed by atoms with E-state index in [0.29, 0.717) is 0 Å². The summed E-state index contributed by atoms with van der Waals surface area (Å²) >= 11 is 0. The van der Waals surface area contributed by atoms with Crippen LogP contribution in [0, 0.1) is 0 Å². The Morgan fingerprint density at radius 1 is 0.966 bits per heavy atom. The van der Waals surface area contributed by atoms with Crippen LogP contribution in [0.15, 0.2) is 66.7 Å². The lowest BCUT2D eigenvalue weighted by molar-refractivity contribution is -0.127. The molecule has 0 saturated carbocycles. The molecule has 0 radical (unpaired) electrons. The van der Waals surface area contributed by atoms with Crippen molar-refractivity contribution in [2.45, 2.75) is 20.0 Å². The summed E-state index contributed by atoms with van der Waals surface area (Å²) in [5.41, 5.74) is 2.19. The van der Waals surface area contributed by atoms with Crippen LogP contribution in [0.1, 0.15) is 25.0 Å². The van der Waals surface area contributed by atoms with Crippen molar-refractivity contribution in [3.05, 3.63) is 77.9 Å². The van der Waals surface area contributed by atoms with Crippen LogP contribution >= 0.6 is 0 Å². The van der Waals surface area contributed by atoms with E-state index in [0.717, 1.165) is 44.0 Å². The maximum atomic E-state index is 12.5. The van der Waals surface area contributed by atoms with Crippen molar-refractivity contribution in [1.29, 1.82) is 0 Å². The highest BCUT2D eigenvalue weighted by atomic mass is 16.5. The van der Waals surface area contributed by atoms with Gasteiger partial charge in [-0.1, -0.05) is 54.6 Å². The van der Waals surface area contributed by atoms with Gasteiger partial charge in [-0.15, -0.1) is 0 Å². The Hall–Kier alpha value is -2.85. The molecule has 4 heteroatoms. The number of hydrogen-bond acceptors (Lipinski definition) is 3. The van der Waals surface area contributed by atoms with Gasteiger partial charge in [0.15, 0.2) is 0 Å². The summed E-state index contributed by atoms with van der Waals surface area (Å²) in [5.74, 6) is 0.895. The Morgan fingerprint density at radius 2 is 1.69 bits per heavy atom. The third-order valence-electron chi connectivity index (χ3n) is 4.81. The number of carbonyl (C=O) groups is 1. The molecule has 1 amide bonds. The number of rotatable bonds is 7. The quantitative estimate of drug-likeness (QED) is 0.659. The number of benzene rings is 2. The van der Waals surface area contributed by atoms with E-state index in [4.69, 9.17) is 4.74 Å². The second-order valence-corrected chi connectivity index (χ2v) is 7.51. The highest BCUT2D eigenvalue weighted by Gasteiger charge is 2.18. The molecule has 0 atom stereocenters. The fourth-order valence-electron chi connectivity index (χ4n) is 3.29. The maximum absolute atomic E-state index is 12.5. The zero-order valence-corrected chi connectivity index (χ0v) is 17.3. The summed E-state index contributed by atoms with van der Waals surface area (Å²) in [6.45, 7) is 8.24. The Bertz CT molecular complexity index is 835. The van der Waals surface area contributed by atoms with Gasteiger partial charge in [-0.05, 0) is 43.2 Å². The highest BCUT2D eigenvalue weighted by Crippen LogP contribution is 2.16. The molecule has 0 aromatic heterocycles. The molecule has 0 aliphatic carbocycles. The topological polar surface area (TPSA) is 32.8 Å². The SMILES string of the molecule is CC(C)Oc1cccc(/C=C/C(=O)N2CCN(C/C=C/c3ccccc3)CC2)c1. The lowest BCUT2D eigenvalue weighted by Gasteiger charge is -2.33. The van der Waals surface area contributed by atoms with Crippen molar-refractivity contribution < 1.29 is 9.53 Å². The van der Waals surface area contributed by atoms with E-state index in [2.05, 4.69) is 29.2 Å². The molecule has 1 fully saturated rings. The van der Waals surface area contributed by atoms with Crippen LogP contribution in [0.5, 0.6) is 5.75 Å². The highest BCUT2D eigenvalue weighted by molar-refractivity contribution is 5.91. The molecule has 1 aliphatic heterocycles. The van der Waals surface area contributed by atoms with Crippen molar-refractivity contribution in [2.24, 2.45) is 0 Å². The summed E-state index contributed by atoms with van der Waals surface area (Å²) in [5, 5.41) is 0. The molecule has 2 aromatic rings. The molecule has 1 saturated heterocycles. The van der Waals surface area contributed by atoms with Crippen LogP contribution in [0.3, 0.4) is 0 Å². The zero-order chi connectivity index (χ0) is 20.5. The number of carbonyl (C=O) groups excluding carboxylic acids is 1. The molecule has 1 heterocycles. The summed E-state index contributed by atoms with van der Waals surface area (Å²) < 4.78 is 5.71. The molecule has 4 nitrogen and oxygen atoms in total. The van der Waals surface area contributed by atoms with Crippen LogP contribution in [-0.4, -0.2) is 54.5 Å². The van der Waals surface area contributed by atoms with Gasteiger partial charge >= 0.3 is 0 Å². The monoisotopic (exact) mass is 390 g/mol. The van der Waals surface area contributed by atoms with Crippen molar-refractivity contribution in [1.82, 2.24) is 9.80 Å². The van der Waals surface area contributed by atoms with Crippen molar-refractivity contribution >= 4 is 18.1 Å². The first kappa shape index (κ1) is 20.9. The third kappa shape index (κ3) is 6.91. The number of nitrogens with zero attached hydrogens (tertiary/aromatic N) is 2. The largest absolute Gasteiger partial charge is 0.491 e. The van der Waals surface area contributed by atoms with Crippen molar-refractivity contribution in [3.63, 3.8) is 0 Å². The summed E-state index contributed by atoms with van der Waals surface area (Å²) in [6, 6.07) is 18.1. The first-order chi connectivity index (χ1) is 14.1. The van der Waals surface area contributed by atoms with Gasteiger partial charge in [0.25, 0.3) is 0 Å². The first-order valence-electron chi connectivity index (χ1n) is 10.3. The molecular weight excluding hydrogens is 360 g/mol. The zero-order valence-electron chi connectivity index (χ0n) is 17.3. The van der Waals surface area contributed by atoms with Gasteiger partial charge in [0.2, 0.25) is 5.91 Å². The Morgan fingerprint density at radius 3 is 2.41 bits per heavy atom. The minimum Gasteiger partial charge on any atom is -0.491 e. The van der Waals surface area contributed by atoms with E-state index < -0.39 is 0 Å². The standard InChI is InChI=1S/C25H30N2O2/c1-21(2)29-24-12-6-10-23(20-24)13-14-25(28)27-18-16-26(17-19-27)15-7-11-22-8-4-3-5-9-22/h3-14,20-21H,15-19H2,1-2H3/b11-7+,14-13+. The smallest absolute Gasteiger partial charge is 0.246 e. The van der Waals surface area contributed by atoms with Gasteiger partial charge in [0.1, 0.15) is 5.75 Å². The van der Waals surface area contributed by atoms with Crippen molar-refractivity contribution in [2.75, 3.05) is 32.7 Å². The minimum atomic E-state index is 0.0691. The Labute approximate surface area is 174 Å². The van der Waals surface area contributed by atoms with Crippen LogP contribution < -0.4 is 4.74 Å². The normalized spacial score (nSPS) is 15.5. The second kappa shape index (κ2) is 10.6. The summed E-state index contributed by atoms with van der Waals surface area (Å²) in [7, 11) is 0. The Kier molecular flexibility index (Phi) is 7.65. The fraction of sp³-hybridized carbons (Fsp3) is 0.320. The van der Waals surface area contributed by atoms with E-state index in [9.17, 15) is 4.79 Å². The molecule has 3 rings (SSSR count). The average Bonchev–Trinajstić information content (AvgIpc) is 2.73. The van der Waals surface area contributed by atoms with Gasteiger partial charge in [-0.25, -0.2) is 0 Å². The minimum absolute atomic E-state index is 0.0691. The molecule has 1 aliphatic rings. The maximum Gasteiger partial charge on any atom is 0.246 e. The van der Waals surface area contributed by atoms with Crippen LogP contribution in [-0.2, 0) is 4.79 Å². The molecule has 152 valence electrons. The molecule has 29 heavy (non-hydrogen) atoms. The lowest BCUT2D eigenvalue weighted by Crippen LogP contribution is -2.48. The van der Waals surface area contributed by atoms with Gasteiger partial charge in [-0.3, -0.25) is 9.69 Å².